The van der Waals surface area contributed by atoms with Gasteiger partial charge in [0, 0.05) is 10.6 Å². The normalized spacial score (nSPS) is 11.0. The van der Waals surface area contributed by atoms with Gasteiger partial charge in [0.25, 0.3) is 11.1 Å². The summed E-state index contributed by atoms with van der Waals surface area (Å²) in [4.78, 5) is 4.31. The molecule has 0 unspecified atom stereocenters. The second kappa shape index (κ2) is 7.27. The van der Waals surface area contributed by atoms with Crippen LogP contribution in [0, 0.1) is 5.82 Å². The quantitative estimate of drug-likeness (QED) is 0.451. The first-order valence-electron chi connectivity index (χ1n) is 7.49. The largest absolute Gasteiger partial charge is 0.411 e. The van der Waals surface area contributed by atoms with Gasteiger partial charge in [-0.05, 0) is 36.4 Å². The Morgan fingerprint density at radius 1 is 1.04 bits per heavy atom. The summed E-state index contributed by atoms with van der Waals surface area (Å²) in [6.45, 7) is 0. The number of halogens is 2. The van der Waals surface area contributed by atoms with Crippen LogP contribution < -0.4 is 0 Å². The van der Waals surface area contributed by atoms with Crippen molar-refractivity contribution in [3.05, 3.63) is 65.3 Å². The minimum absolute atomic E-state index is 0.123. The molecule has 0 saturated carbocycles. The molecule has 0 spiro atoms. The molecule has 0 amide bonds. The number of thioether (sulfide) groups is 1. The Bertz CT molecular complexity index is 1040. The average Bonchev–Trinajstić information content (AvgIpc) is 3.30. The Kier molecular flexibility index (Phi) is 4.68. The first-order valence-corrected chi connectivity index (χ1v) is 8.85. The van der Waals surface area contributed by atoms with Gasteiger partial charge in [-0.3, -0.25) is 0 Å². The maximum Gasteiger partial charge on any atom is 0.277 e. The molecule has 0 N–H and O–H groups in total. The summed E-state index contributed by atoms with van der Waals surface area (Å²) in [5.41, 5.74) is 1.06. The molecule has 2 aromatic carbocycles. The topological polar surface area (TPSA) is 77.8 Å². The highest BCUT2D eigenvalue weighted by Crippen LogP contribution is 2.27. The molecule has 0 radical (unpaired) electrons. The summed E-state index contributed by atoms with van der Waals surface area (Å²) in [6, 6.07) is 13.3. The first-order chi connectivity index (χ1) is 12.7. The minimum Gasteiger partial charge on any atom is -0.411 e. The van der Waals surface area contributed by atoms with Crippen LogP contribution >= 0.6 is 23.4 Å². The second-order valence-electron chi connectivity index (χ2n) is 5.16. The fourth-order valence-electron chi connectivity index (χ4n) is 2.16. The molecule has 0 atom stereocenters. The SMILES string of the molecule is Fc1ccccc1-c1nnc(SCc2nc(-c3ccc(Cl)cc3)no2)o1. The molecule has 2 heterocycles. The number of hydrogen-bond donors (Lipinski definition) is 0. The van der Waals surface area contributed by atoms with Crippen molar-refractivity contribution in [1.29, 1.82) is 0 Å². The second-order valence-corrected chi connectivity index (χ2v) is 6.52. The van der Waals surface area contributed by atoms with E-state index >= 15 is 0 Å². The van der Waals surface area contributed by atoms with Gasteiger partial charge in [-0.1, -0.05) is 40.7 Å². The van der Waals surface area contributed by atoms with Gasteiger partial charge in [-0.25, -0.2) is 4.39 Å². The summed E-state index contributed by atoms with van der Waals surface area (Å²) in [7, 11) is 0. The first kappa shape index (κ1) is 16.7. The molecule has 9 heteroatoms. The highest BCUT2D eigenvalue weighted by molar-refractivity contribution is 7.98. The Morgan fingerprint density at radius 3 is 2.65 bits per heavy atom. The molecule has 0 aliphatic heterocycles. The standard InChI is InChI=1S/C17H10ClFN4O2S/c18-11-7-5-10(6-8-11)15-20-14(25-23-15)9-26-17-22-21-16(24-17)12-3-1-2-4-13(12)19/h1-8H,9H2. The maximum atomic E-state index is 13.7. The van der Waals surface area contributed by atoms with Crippen LogP contribution in [-0.4, -0.2) is 20.3 Å². The fraction of sp³-hybridized carbons (Fsp3) is 0.0588. The zero-order chi connectivity index (χ0) is 17.9. The van der Waals surface area contributed by atoms with Crippen LogP contribution in [0.4, 0.5) is 4.39 Å². The average molecular weight is 389 g/mol. The van der Waals surface area contributed by atoms with E-state index < -0.39 is 5.82 Å². The summed E-state index contributed by atoms with van der Waals surface area (Å²) < 4.78 is 24.4. The van der Waals surface area contributed by atoms with Gasteiger partial charge in [0.05, 0.1) is 11.3 Å². The Labute approximate surface area is 156 Å². The van der Waals surface area contributed by atoms with Gasteiger partial charge in [-0.15, -0.1) is 10.2 Å². The van der Waals surface area contributed by atoms with Gasteiger partial charge in [0.1, 0.15) is 5.82 Å². The molecule has 26 heavy (non-hydrogen) atoms. The molecular formula is C17H10ClFN4O2S. The number of nitrogens with zero attached hydrogens (tertiary/aromatic N) is 4. The molecule has 0 saturated heterocycles. The molecule has 130 valence electrons. The van der Waals surface area contributed by atoms with Crippen LogP contribution in [0.5, 0.6) is 0 Å². The van der Waals surface area contributed by atoms with Crippen molar-refractivity contribution in [2.24, 2.45) is 0 Å². The van der Waals surface area contributed by atoms with Crippen molar-refractivity contribution in [3.63, 3.8) is 0 Å². The van der Waals surface area contributed by atoms with E-state index in [2.05, 4.69) is 20.3 Å². The van der Waals surface area contributed by atoms with E-state index in [0.29, 0.717) is 22.5 Å². The van der Waals surface area contributed by atoms with Gasteiger partial charge in [-0.2, -0.15) is 4.98 Å². The molecule has 0 aliphatic rings. The molecule has 0 bridgehead atoms. The Hall–Kier alpha value is -2.71. The zero-order valence-corrected chi connectivity index (χ0v) is 14.7. The molecular weight excluding hydrogens is 379 g/mol. The minimum atomic E-state index is -0.419. The molecule has 0 fully saturated rings. The predicted octanol–water partition coefficient (Wildman–Crippen LogP) is 4.87. The lowest BCUT2D eigenvalue weighted by atomic mass is 10.2. The van der Waals surface area contributed by atoms with E-state index in [9.17, 15) is 4.39 Å². The van der Waals surface area contributed by atoms with Gasteiger partial charge < -0.3 is 8.94 Å². The van der Waals surface area contributed by atoms with Crippen LogP contribution in [0.1, 0.15) is 5.89 Å². The molecule has 6 nitrogen and oxygen atoms in total. The third-order valence-electron chi connectivity index (χ3n) is 3.40. The smallest absolute Gasteiger partial charge is 0.277 e. The summed E-state index contributed by atoms with van der Waals surface area (Å²) in [5, 5.41) is 12.6. The van der Waals surface area contributed by atoms with E-state index in [1.807, 2.05) is 12.1 Å². The van der Waals surface area contributed by atoms with Gasteiger partial charge >= 0.3 is 0 Å². The van der Waals surface area contributed by atoms with Crippen molar-refractivity contribution in [2.45, 2.75) is 11.0 Å². The van der Waals surface area contributed by atoms with Crippen molar-refractivity contribution in [1.82, 2.24) is 20.3 Å². The lowest BCUT2D eigenvalue weighted by Crippen LogP contribution is -1.83. The maximum absolute atomic E-state index is 13.7. The van der Waals surface area contributed by atoms with Crippen molar-refractivity contribution >= 4 is 23.4 Å². The number of rotatable bonds is 5. The summed E-state index contributed by atoms with van der Waals surface area (Å²) >= 11 is 7.09. The Morgan fingerprint density at radius 2 is 1.85 bits per heavy atom. The molecule has 4 aromatic rings. The van der Waals surface area contributed by atoms with E-state index in [-0.39, 0.29) is 16.7 Å². The van der Waals surface area contributed by atoms with Crippen LogP contribution in [0.15, 0.2) is 62.7 Å². The van der Waals surface area contributed by atoms with Gasteiger partial charge in [0.2, 0.25) is 11.7 Å². The van der Waals surface area contributed by atoms with E-state index in [0.717, 1.165) is 5.56 Å². The van der Waals surface area contributed by atoms with E-state index in [4.69, 9.17) is 20.5 Å². The lowest BCUT2D eigenvalue weighted by Gasteiger charge is -1.95. The number of aromatic nitrogens is 4. The zero-order valence-electron chi connectivity index (χ0n) is 13.1. The van der Waals surface area contributed by atoms with Crippen LogP contribution in [-0.2, 0) is 5.75 Å². The molecule has 4 rings (SSSR count). The van der Waals surface area contributed by atoms with Crippen molar-refractivity contribution in [2.75, 3.05) is 0 Å². The number of benzene rings is 2. The lowest BCUT2D eigenvalue weighted by molar-refractivity contribution is 0.391. The van der Waals surface area contributed by atoms with Crippen molar-refractivity contribution < 1.29 is 13.3 Å². The summed E-state index contributed by atoms with van der Waals surface area (Å²) in [5.74, 6) is 0.926. The third kappa shape index (κ3) is 3.61. The van der Waals surface area contributed by atoms with E-state index in [1.165, 1.54) is 17.8 Å². The highest BCUT2D eigenvalue weighted by atomic mass is 35.5. The van der Waals surface area contributed by atoms with Crippen molar-refractivity contribution in [3.8, 4) is 22.8 Å². The van der Waals surface area contributed by atoms with Gasteiger partial charge in [0.15, 0.2) is 0 Å². The molecule has 0 aliphatic carbocycles. The Balaban J connectivity index is 1.44. The van der Waals surface area contributed by atoms with Crippen LogP contribution in [0.25, 0.3) is 22.8 Å². The third-order valence-corrected chi connectivity index (χ3v) is 4.46. The fourth-order valence-corrected chi connectivity index (χ4v) is 2.89. The summed E-state index contributed by atoms with van der Waals surface area (Å²) in [6.07, 6.45) is 0. The highest BCUT2D eigenvalue weighted by Gasteiger charge is 2.15. The monoisotopic (exact) mass is 388 g/mol. The van der Waals surface area contributed by atoms with Crippen LogP contribution in [0.3, 0.4) is 0 Å². The van der Waals surface area contributed by atoms with E-state index in [1.54, 1.807) is 30.3 Å². The number of hydrogen-bond acceptors (Lipinski definition) is 7. The molecule has 2 aromatic heterocycles. The predicted molar refractivity (Wildman–Crippen MR) is 94.0 cm³/mol. The van der Waals surface area contributed by atoms with Crippen LogP contribution in [0.2, 0.25) is 5.02 Å².